The Kier molecular flexibility index (Phi) is 9.16. The third-order valence-electron chi connectivity index (χ3n) is 6.37. The summed E-state index contributed by atoms with van der Waals surface area (Å²) in [6.45, 7) is 6.48. The van der Waals surface area contributed by atoms with Crippen LogP contribution in [-0.4, -0.2) is 28.3 Å². The number of nitrogens with one attached hydrogen (secondary N) is 3. The summed E-state index contributed by atoms with van der Waals surface area (Å²) in [5, 5.41) is 10.1. The number of hydrogen-bond donors (Lipinski definition) is 3. The van der Waals surface area contributed by atoms with Crippen LogP contribution in [0.4, 0.5) is 42.0 Å². The molecule has 1 aromatic heterocycles. The van der Waals surface area contributed by atoms with E-state index in [4.69, 9.17) is 16.4 Å². The highest BCUT2D eigenvalue weighted by Gasteiger charge is 2.25. The van der Waals surface area contributed by atoms with E-state index in [0.29, 0.717) is 22.4 Å². The number of carbonyl (C=O) groups excluding carboxylic acids is 2. The van der Waals surface area contributed by atoms with Gasteiger partial charge in [0.15, 0.2) is 5.82 Å². The van der Waals surface area contributed by atoms with Gasteiger partial charge in [0.25, 0.3) is 5.91 Å². The number of amides is 1. The van der Waals surface area contributed by atoms with Gasteiger partial charge in [0.2, 0.25) is 12.2 Å². The molecule has 42 heavy (non-hydrogen) atoms. The van der Waals surface area contributed by atoms with Gasteiger partial charge in [-0.3, -0.25) is 9.59 Å². The van der Waals surface area contributed by atoms with Gasteiger partial charge in [-0.05, 0) is 77.4 Å². The van der Waals surface area contributed by atoms with Crippen molar-refractivity contribution in [3.05, 3.63) is 100 Å². The first-order chi connectivity index (χ1) is 19.8. The van der Waals surface area contributed by atoms with Crippen LogP contribution in [0.1, 0.15) is 47.8 Å². The number of fused-ring (bicyclic) bond motifs is 6. The van der Waals surface area contributed by atoms with Crippen LogP contribution >= 0.6 is 11.6 Å². The molecule has 0 aliphatic carbocycles. The van der Waals surface area contributed by atoms with E-state index in [-0.39, 0.29) is 11.3 Å². The van der Waals surface area contributed by atoms with Crippen molar-refractivity contribution in [1.29, 1.82) is 0 Å². The van der Waals surface area contributed by atoms with Crippen molar-refractivity contribution in [2.45, 2.75) is 45.2 Å². The van der Waals surface area contributed by atoms with Crippen LogP contribution in [0.5, 0.6) is 0 Å². The number of aryl methyl sites for hydroxylation is 2. The number of alkyl halides is 3. The van der Waals surface area contributed by atoms with Crippen molar-refractivity contribution < 1.29 is 22.8 Å². The number of nitrogens with zero attached hydrogens (tertiary/aromatic N) is 2. The van der Waals surface area contributed by atoms with Crippen molar-refractivity contribution in [3.8, 4) is 0 Å². The van der Waals surface area contributed by atoms with E-state index in [0.717, 1.165) is 35.5 Å². The average molecular weight is 596 g/mol. The zero-order chi connectivity index (χ0) is 30.5. The van der Waals surface area contributed by atoms with Crippen molar-refractivity contribution >= 4 is 52.6 Å². The first-order valence-corrected chi connectivity index (χ1v) is 13.4. The van der Waals surface area contributed by atoms with Crippen molar-refractivity contribution in [1.82, 2.24) is 9.97 Å². The number of rotatable bonds is 2. The lowest BCUT2D eigenvalue weighted by molar-refractivity contribution is -0.156. The summed E-state index contributed by atoms with van der Waals surface area (Å²) in [6.07, 6.45) is -2.58. The van der Waals surface area contributed by atoms with Gasteiger partial charge < -0.3 is 16.0 Å². The van der Waals surface area contributed by atoms with Crippen LogP contribution in [0.15, 0.2) is 72.9 Å². The molecule has 4 aromatic rings. The topological polar surface area (TPSA) is 96.0 Å². The lowest BCUT2D eigenvalue weighted by Gasteiger charge is -2.19. The minimum atomic E-state index is -4.64. The summed E-state index contributed by atoms with van der Waals surface area (Å²) in [6, 6.07) is 21.8. The Morgan fingerprint density at radius 2 is 1.64 bits per heavy atom. The summed E-state index contributed by atoms with van der Waals surface area (Å²) < 4.78 is 31.2. The fraction of sp³-hybridized carbons (Fsp3) is 0.226. The molecule has 6 bridgehead atoms. The van der Waals surface area contributed by atoms with E-state index in [9.17, 15) is 18.0 Å². The Hall–Kier alpha value is -4.44. The molecular formula is C31H29ClF3N5O2. The molecule has 0 atom stereocenters. The third kappa shape index (κ3) is 8.29. The first kappa shape index (κ1) is 30.5. The first-order valence-electron chi connectivity index (χ1n) is 13.0. The monoisotopic (exact) mass is 595 g/mol. The van der Waals surface area contributed by atoms with Crippen LogP contribution in [0.3, 0.4) is 0 Å². The molecule has 218 valence electrons. The highest BCUT2D eigenvalue weighted by molar-refractivity contribution is 6.32. The minimum Gasteiger partial charge on any atom is -0.339 e. The van der Waals surface area contributed by atoms with Gasteiger partial charge in [-0.2, -0.15) is 18.2 Å². The fourth-order valence-corrected chi connectivity index (χ4v) is 4.32. The second kappa shape index (κ2) is 12.6. The third-order valence-corrected chi connectivity index (χ3v) is 6.65. The number of aromatic nitrogens is 2. The van der Waals surface area contributed by atoms with E-state index >= 15 is 0 Å². The second-order valence-electron chi connectivity index (χ2n) is 10.7. The molecular weight excluding hydrogens is 567 g/mol. The summed E-state index contributed by atoms with van der Waals surface area (Å²) in [5.74, 6) is 0.830. The predicted molar refractivity (Wildman–Crippen MR) is 159 cm³/mol. The van der Waals surface area contributed by atoms with Gasteiger partial charge in [0, 0.05) is 22.6 Å². The zero-order valence-corrected chi connectivity index (χ0v) is 23.9. The molecule has 0 unspecified atom stereocenters. The van der Waals surface area contributed by atoms with Crippen LogP contribution in [0.2, 0.25) is 5.02 Å². The number of hydrogen-bond acceptors (Lipinski definition) is 6. The Morgan fingerprint density at radius 3 is 2.31 bits per heavy atom. The Labute approximate surface area is 246 Å². The van der Waals surface area contributed by atoms with E-state index < -0.39 is 12.5 Å². The van der Waals surface area contributed by atoms with E-state index in [2.05, 4.69) is 58.8 Å². The van der Waals surface area contributed by atoms with E-state index in [1.54, 1.807) is 6.20 Å². The standard InChI is InChI=1S/C29H28ClN5O.C2HF3O/c1-29(2,3)21-11-9-19(10-12-21)27(36)34-25-14-13-23-16-20(25)8-7-18-5-4-6-22(15-18)33-28-31-17-24(30)26(32-23)35-28;3-2(4,5)1-6/h4-6,9-17H,7-8H2,1-3H3,(H,34,36)(H2,31,32,33,35);1H. The summed E-state index contributed by atoms with van der Waals surface area (Å²) in [7, 11) is 0. The highest BCUT2D eigenvalue weighted by atomic mass is 35.5. The zero-order valence-electron chi connectivity index (χ0n) is 23.1. The molecule has 0 spiro atoms. The van der Waals surface area contributed by atoms with Crippen molar-refractivity contribution in [3.63, 3.8) is 0 Å². The van der Waals surface area contributed by atoms with Crippen LogP contribution in [0, 0.1) is 0 Å². The maximum absolute atomic E-state index is 13.1. The molecule has 0 radical (unpaired) electrons. The number of anilines is 5. The molecule has 2 heterocycles. The molecule has 1 aliphatic heterocycles. The fourth-order valence-electron chi connectivity index (χ4n) is 4.18. The number of aldehydes is 1. The van der Waals surface area contributed by atoms with Crippen molar-refractivity contribution in [2.24, 2.45) is 0 Å². The van der Waals surface area contributed by atoms with Crippen LogP contribution in [0.25, 0.3) is 0 Å². The molecule has 0 saturated carbocycles. The molecule has 5 rings (SSSR count). The molecule has 3 N–H and O–H groups in total. The molecule has 7 nitrogen and oxygen atoms in total. The minimum absolute atomic E-state index is 0.0343. The van der Waals surface area contributed by atoms with E-state index in [1.165, 1.54) is 11.1 Å². The van der Waals surface area contributed by atoms with Gasteiger partial charge in [-0.25, -0.2) is 4.98 Å². The van der Waals surface area contributed by atoms with Gasteiger partial charge in [0.05, 0.1) is 6.20 Å². The van der Waals surface area contributed by atoms with Gasteiger partial charge in [-0.1, -0.05) is 56.6 Å². The summed E-state index contributed by atoms with van der Waals surface area (Å²) >= 11 is 6.37. The smallest absolute Gasteiger partial charge is 0.339 e. The number of halogens is 4. The van der Waals surface area contributed by atoms with Gasteiger partial charge in [0.1, 0.15) is 5.02 Å². The Bertz CT molecular complexity index is 1590. The molecule has 0 fully saturated rings. The largest absolute Gasteiger partial charge is 0.446 e. The van der Waals surface area contributed by atoms with Crippen LogP contribution < -0.4 is 16.0 Å². The molecule has 1 aliphatic rings. The van der Waals surface area contributed by atoms with Gasteiger partial charge in [-0.15, -0.1) is 0 Å². The van der Waals surface area contributed by atoms with E-state index in [1.807, 2.05) is 54.6 Å². The number of benzene rings is 3. The Balaban J connectivity index is 0.000000612. The lowest BCUT2D eigenvalue weighted by Crippen LogP contribution is -2.15. The number of carbonyl (C=O) groups is 2. The quantitative estimate of drug-likeness (QED) is 0.203. The maximum Gasteiger partial charge on any atom is 0.446 e. The summed E-state index contributed by atoms with van der Waals surface area (Å²) in [5.41, 5.74) is 6.55. The lowest BCUT2D eigenvalue weighted by atomic mass is 9.86. The maximum atomic E-state index is 13.1. The molecule has 11 heteroatoms. The molecule has 1 amide bonds. The SMILES string of the molecule is CC(C)(C)c1ccc(C(=O)Nc2ccc3cc2CCc2cccc(c2)Nc2ncc(Cl)c(n2)N3)cc1.O=CC(F)(F)F. The Morgan fingerprint density at radius 1 is 0.952 bits per heavy atom. The normalized spacial score (nSPS) is 12.5. The van der Waals surface area contributed by atoms with Crippen molar-refractivity contribution in [2.75, 3.05) is 16.0 Å². The molecule has 0 saturated heterocycles. The second-order valence-corrected chi connectivity index (χ2v) is 11.1. The molecule has 3 aromatic carbocycles. The average Bonchev–Trinajstić information content (AvgIpc) is 2.94. The van der Waals surface area contributed by atoms with Crippen LogP contribution in [-0.2, 0) is 23.1 Å². The summed E-state index contributed by atoms with van der Waals surface area (Å²) in [4.78, 5) is 30.6. The van der Waals surface area contributed by atoms with Gasteiger partial charge >= 0.3 is 6.18 Å². The highest BCUT2D eigenvalue weighted by Crippen LogP contribution is 2.30. The predicted octanol–water partition coefficient (Wildman–Crippen LogP) is 8.01.